The minimum absolute atomic E-state index is 0. The molecule has 25 heavy (non-hydrogen) atoms. The Labute approximate surface area is 159 Å². The first-order chi connectivity index (χ1) is 11.7. The van der Waals surface area contributed by atoms with Crippen LogP contribution in [0.5, 0.6) is 0 Å². The smallest absolute Gasteiger partial charge is 0.106 e. The Balaban J connectivity index is 0.00000157. The van der Waals surface area contributed by atoms with Crippen LogP contribution in [0.2, 0.25) is 0 Å². The van der Waals surface area contributed by atoms with E-state index in [2.05, 4.69) is 76.5 Å². The van der Waals surface area contributed by atoms with Crippen molar-refractivity contribution in [3.05, 3.63) is 78.2 Å². The van der Waals surface area contributed by atoms with Crippen molar-refractivity contribution >= 4 is 22.2 Å². The van der Waals surface area contributed by atoms with E-state index in [0.717, 1.165) is 27.9 Å². The molecule has 125 valence electrons. The van der Waals surface area contributed by atoms with Crippen molar-refractivity contribution in [2.75, 3.05) is 0 Å². The van der Waals surface area contributed by atoms with Gasteiger partial charge in [-0.05, 0) is 31.5 Å². The van der Waals surface area contributed by atoms with Gasteiger partial charge in [0.25, 0.3) is 0 Å². The summed E-state index contributed by atoms with van der Waals surface area (Å²) in [6.07, 6.45) is 2.09. The van der Waals surface area contributed by atoms with Gasteiger partial charge in [0, 0.05) is 37.7 Å². The number of imidazole rings is 1. The first kappa shape index (κ1) is 16.1. The quantitative estimate of drug-likeness (QED) is 0.301. The van der Waals surface area contributed by atoms with Crippen LogP contribution in [0.4, 0.5) is 0 Å². The number of fused-ring (bicyclic) bond motifs is 6. The Kier molecular flexibility index (Phi) is 3.75. The molecule has 3 heterocycles. The van der Waals surface area contributed by atoms with Gasteiger partial charge in [-0.1, -0.05) is 46.8 Å². The molecule has 3 nitrogen and oxygen atoms in total. The molecule has 2 aromatic carbocycles. The molecule has 0 aliphatic rings. The molecule has 4 heteroatoms. The molecule has 0 N–H and O–H groups in total. The second-order valence-electron chi connectivity index (χ2n) is 6.26. The predicted molar refractivity (Wildman–Crippen MR) is 97.4 cm³/mol. The van der Waals surface area contributed by atoms with E-state index in [1.807, 2.05) is 13.0 Å². The average Bonchev–Trinajstić information content (AvgIpc) is 3.18. The Morgan fingerprint density at radius 2 is 1.76 bits per heavy atom. The van der Waals surface area contributed by atoms with Crippen LogP contribution in [0.15, 0.2) is 60.8 Å². The van der Waals surface area contributed by atoms with Gasteiger partial charge in [0.15, 0.2) is 0 Å². The van der Waals surface area contributed by atoms with Gasteiger partial charge in [0.2, 0.25) is 0 Å². The van der Waals surface area contributed by atoms with E-state index in [1.54, 1.807) is 0 Å². The van der Waals surface area contributed by atoms with Crippen molar-refractivity contribution in [1.29, 1.82) is 0 Å². The van der Waals surface area contributed by atoms with Crippen molar-refractivity contribution in [3.8, 4) is 11.1 Å². The molecule has 0 fully saturated rings. The summed E-state index contributed by atoms with van der Waals surface area (Å²) in [6.45, 7) is 4.17. The summed E-state index contributed by atoms with van der Waals surface area (Å²) in [5, 5.41) is 1.05. The van der Waals surface area contributed by atoms with Crippen LogP contribution >= 0.6 is 0 Å². The summed E-state index contributed by atoms with van der Waals surface area (Å²) < 4.78 is 4.44. The van der Waals surface area contributed by atoms with Crippen LogP contribution in [-0.2, 0) is 20.1 Å². The van der Waals surface area contributed by atoms with E-state index >= 15 is 0 Å². The fourth-order valence-corrected chi connectivity index (χ4v) is 3.51. The first-order valence-corrected chi connectivity index (χ1v) is 8.09. The third-order valence-corrected chi connectivity index (χ3v) is 4.62. The van der Waals surface area contributed by atoms with Gasteiger partial charge in [0.05, 0.1) is 5.65 Å². The third kappa shape index (κ3) is 2.33. The molecule has 0 unspecified atom stereocenters. The zero-order valence-electron chi connectivity index (χ0n) is 13.9. The summed E-state index contributed by atoms with van der Waals surface area (Å²) in [5.41, 5.74) is 7.85. The maximum Gasteiger partial charge on any atom is 0.106 e. The Morgan fingerprint density at radius 3 is 2.56 bits per heavy atom. The Bertz CT molecular complexity index is 1220. The first-order valence-electron chi connectivity index (χ1n) is 8.09. The monoisotopic (exact) mass is 503 g/mol. The Hall–Kier alpha value is -2.42. The number of aryl methyl sites for hydroxylation is 2. The standard InChI is InChI=1S/C21H16N3.Ir/c1-14-13-23-20-11-8-15(2)24(20)19-12-17(16-6-4-3-5-7-16)9-10-18(19)21(23)22-14;/h3-9,11-13H,1-2H3;/q-1;. The van der Waals surface area contributed by atoms with E-state index in [9.17, 15) is 0 Å². The fourth-order valence-electron chi connectivity index (χ4n) is 3.51. The molecule has 5 rings (SSSR count). The van der Waals surface area contributed by atoms with Crippen molar-refractivity contribution in [2.45, 2.75) is 13.8 Å². The number of aromatic nitrogens is 3. The molecule has 3 aromatic heterocycles. The number of hydrogen-bond acceptors (Lipinski definition) is 1. The van der Waals surface area contributed by atoms with Crippen LogP contribution in [0.3, 0.4) is 0 Å². The van der Waals surface area contributed by atoms with Crippen molar-refractivity contribution in [2.24, 2.45) is 0 Å². The molecule has 0 saturated heterocycles. The molecule has 0 spiro atoms. The van der Waals surface area contributed by atoms with Crippen LogP contribution in [0, 0.1) is 19.9 Å². The maximum atomic E-state index is 4.72. The third-order valence-electron chi connectivity index (χ3n) is 4.62. The fraction of sp³-hybridized carbons (Fsp3) is 0.0952. The predicted octanol–water partition coefficient (Wildman–Crippen LogP) is 4.82. The van der Waals surface area contributed by atoms with E-state index < -0.39 is 0 Å². The summed E-state index contributed by atoms with van der Waals surface area (Å²) >= 11 is 0. The molecule has 0 amide bonds. The van der Waals surface area contributed by atoms with E-state index in [0.29, 0.717) is 0 Å². The van der Waals surface area contributed by atoms with Gasteiger partial charge in [-0.15, -0.1) is 18.2 Å². The van der Waals surface area contributed by atoms with Crippen LogP contribution in [0.1, 0.15) is 11.4 Å². The molecule has 0 aliphatic heterocycles. The summed E-state index contributed by atoms with van der Waals surface area (Å²) in [4.78, 5) is 4.72. The van der Waals surface area contributed by atoms with Gasteiger partial charge in [-0.25, -0.2) is 0 Å². The zero-order valence-corrected chi connectivity index (χ0v) is 16.3. The summed E-state index contributed by atoms with van der Waals surface area (Å²) in [5.74, 6) is 0. The van der Waals surface area contributed by atoms with E-state index in [-0.39, 0.29) is 20.1 Å². The van der Waals surface area contributed by atoms with Crippen LogP contribution < -0.4 is 0 Å². The summed E-state index contributed by atoms with van der Waals surface area (Å²) in [6, 6.07) is 22.5. The SMILES string of the molecule is Cc1cn2c(n1)c1[c-]cc(-c3ccccc3)cc1n1c(C)ccc21.[Ir]. The topological polar surface area (TPSA) is 21.7 Å². The number of benzene rings is 2. The summed E-state index contributed by atoms with van der Waals surface area (Å²) in [7, 11) is 0. The number of nitrogens with zero attached hydrogens (tertiary/aromatic N) is 3. The molecule has 5 aromatic rings. The van der Waals surface area contributed by atoms with Crippen molar-refractivity contribution < 1.29 is 20.1 Å². The van der Waals surface area contributed by atoms with Gasteiger partial charge in [-0.2, -0.15) is 0 Å². The molecule has 0 saturated carbocycles. The largest absolute Gasteiger partial charge is 0.342 e. The van der Waals surface area contributed by atoms with Crippen molar-refractivity contribution in [3.63, 3.8) is 0 Å². The zero-order chi connectivity index (χ0) is 16.3. The molecule has 0 atom stereocenters. The molecule has 1 radical (unpaired) electrons. The maximum absolute atomic E-state index is 4.72. The minimum atomic E-state index is 0. The second kappa shape index (κ2) is 5.83. The van der Waals surface area contributed by atoms with Gasteiger partial charge in [-0.3, -0.25) is 4.98 Å². The van der Waals surface area contributed by atoms with Crippen LogP contribution in [0.25, 0.3) is 33.3 Å². The average molecular weight is 503 g/mol. The normalized spacial score (nSPS) is 11.3. The number of rotatable bonds is 1. The molecule has 0 aliphatic carbocycles. The Morgan fingerprint density at radius 1 is 0.960 bits per heavy atom. The molecule has 0 bridgehead atoms. The minimum Gasteiger partial charge on any atom is -0.342 e. The second-order valence-corrected chi connectivity index (χ2v) is 6.26. The van der Waals surface area contributed by atoms with E-state index in [4.69, 9.17) is 4.98 Å². The molecular formula is C21H16IrN3-. The van der Waals surface area contributed by atoms with Crippen LogP contribution in [-0.4, -0.2) is 13.8 Å². The number of hydrogen-bond donors (Lipinski definition) is 0. The van der Waals surface area contributed by atoms with Gasteiger partial charge in [0.1, 0.15) is 5.65 Å². The van der Waals surface area contributed by atoms with Crippen molar-refractivity contribution in [1.82, 2.24) is 13.8 Å². The van der Waals surface area contributed by atoms with E-state index in [1.165, 1.54) is 16.8 Å². The van der Waals surface area contributed by atoms with Gasteiger partial charge < -0.3 is 8.80 Å². The molecular weight excluding hydrogens is 486 g/mol. The van der Waals surface area contributed by atoms with Gasteiger partial charge >= 0.3 is 0 Å².